The Morgan fingerprint density at radius 3 is 2.67 bits per heavy atom. The summed E-state index contributed by atoms with van der Waals surface area (Å²) in [5, 5.41) is 7.65. The van der Waals surface area contributed by atoms with E-state index < -0.39 is 0 Å². The van der Waals surface area contributed by atoms with E-state index in [1.165, 1.54) is 6.42 Å². The fraction of sp³-hybridized carbons (Fsp3) is 0.474. The molecule has 1 saturated heterocycles. The highest BCUT2D eigenvalue weighted by Gasteiger charge is 2.48. The zero-order chi connectivity index (χ0) is 16.6. The van der Waals surface area contributed by atoms with Gasteiger partial charge >= 0.3 is 0 Å². The van der Waals surface area contributed by atoms with E-state index in [9.17, 15) is 4.79 Å². The summed E-state index contributed by atoms with van der Waals surface area (Å²) in [7, 11) is 0. The molecule has 1 unspecified atom stereocenters. The van der Waals surface area contributed by atoms with Crippen LogP contribution in [0.25, 0.3) is 5.69 Å². The van der Waals surface area contributed by atoms with Gasteiger partial charge in [0.15, 0.2) is 0 Å². The van der Waals surface area contributed by atoms with Crippen molar-refractivity contribution in [2.24, 2.45) is 5.41 Å². The fourth-order valence-corrected chi connectivity index (χ4v) is 4.00. The van der Waals surface area contributed by atoms with Gasteiger partial charge in [-0.05, 0) is 50.2 Å². The van der Waals surface area contributed by atoms with Crippen molar-refractivity contribution in [2.75, 3.05) is 13.2 Å². The van der Waals surface area contributed by atoms with Crippen molar-refractivity contribution in [3.8, 4) is 5.69 Å². The Kier molecular flexibility index (Phi) is 3.88. The topological polar surface area (TPSA) is 56.1 Å². The molecule has 1 aromatic carbocycles. The van der Waals surface area contributed by atoms with E-state index in [0.717, 1.165) is 43.9 Å². The lowest BCUT2D eigenvalue weighted by molar-refractivity contribution is -0.0523. The minimum atomic E-state index is -0.00903. The number of hydrogen-bond donors (Lipinski definition) is 1. The van der Waals surface area contributed by atoms with Crippen LogP contribution >= 0.6 is 0 Å². The molecule has 1 N–H and O–H groups in total. The number of aromatic nitrogens is 2. The van der Waals surface area contributed by atoms with E-state index in [4.69, 9.17) is 4.74 Å². The predicted molar refractivity (Wildman–Crippen MR) is 91.3 cm³/mol. The van der Waals surface area contributed by atoms with E-state index in [2.05, 4.69) is 10.4 Å². The lowest BCUT2D eigenvalue weighted by Gasteiger charge is -2.52. The van der Waals surface area contributed by atoms with Gasteiger partial charge in [-0.2, -0.15) is 5.10 Å². The summed E-state index contributed by atoms with van der Waals surface area (Å²) in [4.78, 5) is 12.7. The van der Waals surface area contributed by atoms with Crippen LogP contribution in [-0.4, -0.2) is 34.9 Å². The van der Waals surface area contributed by atoms with Gasteiger partial charge in [-0.15, -0.1) is 0 Å². The van der Waals surface area contributed by atoms with Crippen LogP contribution in [0.4, 0.5) is 0 Å². The number of carbonyl (C=O) groups is 1. The van der Waals surface area contributed by atoms with E-state index in [0.29, 0.717) is 5.56 Å². The lowest BCUT2D eigenvalue weighted by atomic mass is 9.60. The van der Waals surface area contributed by atoms with E-state index in [1.54, 1.807) is 6.20 Å². The second-order valence-electron chi connectivity index (χ2n) is 6.93. The van der Waals surface area contributed by atoms with Gasteiger partial charge in [0.2, 0.25) is 0 Å². The normalized spacial score (nSPS) is 22.1. The molecule has 4 rings (SSSR count). The van der Waals surface area contributed by atoms with Crippen LogP contribution in [0.5, 0.6) is 0 Å². The van der Waals surface area contributed by atoms with Crippen LogP contribution in [-0.2, 0) is 4.74 Å². The number of carbonyl (C=O) groups excluding carboxylic acids is 1. The zero-order valence-corrected chi connectivity index (χ0v) is 14.0. The summed E-state index contributed by atoms with van der Waals surface area (Å²) in [5.41, 5.74) is 2.77. The molecular formula is C19H23N3O2. The minimum Gasteiger partial charge on any atom is -0.381 e. The number of benzene rings is 1. The molecular weight excluding hydrogens is 302 g/mol. The largest absolute Gasteiger partial charge is 0.381 e. The maximum absolute atomic E-state index is 12.7. The highest BCUT2D eigenvalue weighted by molar-refractivity contribution is 5.95. The molecule has 5 nitrogen and oxygen atoms in total. The third kappa shape index (κ3) is 2.53. The standard InChI is InChI=1S/C19H23N3O2/c1-14-16(13-20-22(14)15-5-3-2-4-6-15)18(23)21-17-7-8-19(17)9-11-24-12-10-19/h2-6,13,17H,7-12H2,1H3,(H,21,23). The summed E-state index contributed by atoms with van der Waals surface area (Å²) in [6.07, 6.45) is 6.05. The van der Waals surface area contributed by atoms with Crippen molar-refractivity contribution in [2.45, 2.75) is 38.6 Å². The summed E-state index contributed by atoms with van der Waals surface area (Å²) in [5.74, 6) is -0.00903. The number of ether oxygens (including phenoxy) is 1. The van der Waals surface area contributed by atoms with Gasteiger partial charge in [-0.3, -0.25) is 4.79 Å². The second kappa shape index (κ2) is 6.06. The van der Waals surface area contributed by atoms with E-state index in [1.807, 2.05) is 41.9 Å². The molecule has 5 heteroatoms. The first kappa shape index (κ1) is 15.4. The van der Waals surface area contributed by atoms with Crippen molar-refractivity contribution in [1.29, 1.82) is 0 Å². The molecule has 1 aromatic heterocycles. The van der Waals surface area contributed by atoms with Crippen molar-refractivity contribution >= 4 is 5.91 Å². The number of nitrogens with one attached hydrogen (secondary N) is 1. The molecule has 2 aliphatic rings. The average molecular weight is 325 g/mol. The van der Waals surface area contributed by atoms with Gasteiger partial charge in [-0.1, -0.05) is 18.2 Å². The molecule has 1 saturated carbocycles. The number of rotatable bonds is 3. The summed E-state index contributed by atoms with van der Waals surface area (Å²) >= 11 is 0. The minimum absolute atomic E-state index is 0.00903. The second-order valence-corrected chi connectivity index (χ2v) is 6.93. The molecule has 2 fully saturated rings. The summed E-state index contributed by atoms with van der Waals surface area (Å²) in [6, 6.07) is 10.2. The van der Waals surface area contributed by atoms with E-state index >= 15 is 0 Å². The Morgan fingerprint density at radius 1 is 1.25 bits per heavy atom. The van der Waals surface area contributed by atoms with Gasteiger partial charge in [0.1, 0.15) is 0 Å². The molecule has 24 heavy (non-hydrogen) atoms. The predicted octanol–water partition coefficient (Wildman–Crippen LogP) is 2.87. The first-order valence-corrected chi connectivity index (χ1v) is 8.68. The molecule has 1 aliphatic heterocycles. The van der Waals surface area contributed by atoms with Crippen LogP contribution in [0.15, 0.2) is 36.5 Å². The van der Waals surface area contributed by atoms with Gasteiger partial charge < -0.3 is 10.1 Å². The Bertz CT molecular complexity index is 732. The molecule has 1 amide bonds. The van der Waals surface area contributed by atoms with Crippen molar-refractivity contribution < 1.29 is 9.53 Å². The monoisotopic (exact) mass is 325 g/mol. The summed E-state index contributed by atoms with van der Waals surface area (Å²) in [6.45, 7) is 3.58. The molecule has 0 radical (unpaired) electrons. The number of nitrogens with zero attached hydrogens (tertiary/aromatic N) is 2. The SMILES string of the molecule is Cc1c(C(=O)NC2CCC23CCOCC3)cnn1-c1ccccc1. The van der Waals surface area contributed by atoms with Gasteiger partial charge in [-0.25, -0.2) is 4.68 Å². The first-order valence-electron chi connectivity index (χ1n) is 8.68. The maximum Gasteiger partial charge on any atom is 0.254 e. The molecule has 1 aliphatic carbocycles. The molecule has 2 aromatic rings. The highest BCUT2D eigenvalue weighted by Crippen LogP contribution is 2.48. The number of para-hydroxylation sites is 1. The van der Waals surface area contributed by atoms with Crippen molar-refractivity contribution in [3.63, 3.8) is 0 Å². The zero-order valence-electron chi connectivity index (χ0n) is 14.0. The first-order chi connectivity index (χ1) is 11.7. The molecule has 2 heterocycles. The Hall–Kier alpha value is -2.14. The maximum atomic E-state index is 12.7. The van der Waals surface area contributed by atoms with Crippen molar-refractivity contribution in [3.05, 3.63) is 47.8 Å². The molecule has 126 valence electrons. The van der Waals surface area contributed by atoms with E-state index in [-0.39, 0.29) is 17.4 Å². The molecule has 1 spiro atoms. The summed E-state index contributed by atoms with van der Waals surface area (Å²) < 4.78 is 7.30. The van der Waals surface area contributed by atoms with Gasteiger partial charge in [0, 0.05) is 19.3 Å². The Labute approximate surface area is 142 Å². The van der Waals surface area contributed by atoms with Crippen LogP contribution < -0.4 is 5.32 Å². The molecule has 0 bridgehead atoms. The van der Waals surface area contributed by atoms with Gasteiger partial charge in [0.05, 0.1) is 23.1 Å². The highest BCUT2D eigenvalue weighted by atomic mass is 16.5. The fourth-order valence-electron chi connectivity index (χ4n) is 4.00. The third-order valence-electron chi connectivity index (χ3n) is 5.72. The quantitative estimate of drug-likeness (QED) is 0.944. The van der Waals surface area contributed by atoms with Gasteiger partial charge in [0.25, 0.3) is 5.91 Å². The van der Waals surface area contributed by atoms with Crippen LogP contribution in [0.1, 0.15) is 41.7 Å². The number of hydrogen-bond acceptors (Lipinski definition) is 3. The smallest absolute Gasteiger partial charge is 0.254 e. The Morgan fingerprint density at radius 2 is 2.00 bits per heavy atom. The average Bonchev–Trinajstić information content (AvgIpc) is 3.01. The Balaban J connectivity index is 1.50. The van der Waals surface area contributed by atoms with Crippen LogP contribution in [0.3, 0.4) is 0 Å². The van der Waals surface area contributed by atoms with Crippen LogP contribution in [0, 0.1) is 12.3 Å². The van der Waals surface area contributed by atoms with Crippen LogP contribution in [0.2, 0.25) is 0 Å². The lowest BCUT2D eigenvalue weighted by Crippen LogP contribution is -2.57. The number of amides is 1. The molecule has 1 atom stereocenters. The van der Waals surface area contributed by atoms with Crippen molar-refractivity contribution in [1.82, 2.24) is 15.1 Å². The third-order valence-corrected chi connectivity index (χ3v) is 5.72.